The van der Waals surface area contributed by atoms with Gasteiger partial charge in [0.05, 0.1) is 0 Å². The SMILES string of the molecule is CN1CCN(c2cc(C(N)=NO)ccn2)CC1(C)C. The zero-order valence-corrected chi connectivity index (χ0v) is 11.7. The van der Waals surface area contributed by atoms with E-state index in [0.717, 1.165) is 25.5 Å². The molecule has 0 saturated carbocycles. The Morgan fingerprint density at radius 1 is 1.47 bits per heavy atom. The summed E-state index contributed by atoms with van der Waals surface area (Å²) in [5.41, 5.74) is 6.40. The van der Waals surface area contributed by atoms with E-state index in [1.54, 1.807) is 12.3 Å². The molecule has 0 spiro atoms. The Morgan fingerprint density at radius 3 is 2.84 bits per heavy atom. The molecule has 6 nitrogen and oxygen atoms in total. The Morgan fingerprint density at radius 2 is 2.21 bits per heavy atom. The summed E-state index contributed by atoms with van der Waals surface area (Å²) >= 11 is 0. The molecule has 0 radical (unpaired) electrons. The minimum Gasteiger partial charge on any atom is -0.409 e. The van der Waals surface area contributed by atoms with Crippen molar-refractivity contribution in [2.24, 2.45) is 10.9 Å². The first-order valence-electron chi connectivity index (χ1n) is 6.34. The van der Waals surface area contributed by atoms with Crippen molar-refractivity contribution in [2.75, 3.05) is 31.6 Å². The lowest BCUT2D eigenvalue weighted by atomic mass is 9.99. The predicted molar refractivity (Wildman–Crippen MR) is 75.7 cm³/mol. The van der Waals surface area contributed by atoms with Gasteiger partial charge in [-0.2, -0.15) is 0 Å². The number of anilines is 1. The first kappa shape index (κ1) is 13.6. The van der Waals surface area contributed by atoms with Crippen LogP contribution in [0.25, 0.3) is 0 Å². The number of rotatable bonds is 2. The van der Waals surface area contributed by atoms with Crippen molar-refractivity contribution in [1.82, 2.24) is 9.88 Å². The number of likely N-dealkylation sites (N-methyl/N-ethyl adjacent to an activating group) is 1. The monoisotopic (exact) mass is 263 g/mol. The average molecular weight is 263 g/mol. The van der Waals surface area contributed by atoms with Gasteiger partial charge in [-0.15, -0.1) is 0 Å². The first-order chi connectivity index (χ1) is 8.94. The molecule has 6 heteroatoms. The molecular weight excluding hydrogens is 242 g/mol. The summed E-state index contributed by atoms with van der Waals surface area (Å²) in [6, 6.07) is 3.59. The summed E-state index contributed by atoms with van der Waals surface area (Å²) in [5, 5.41) is 11.8. The fourth-order valence-corrected chi connectivity index (χ4v) is 2.24. The number of piperazine rings is 1. The molecule has 19 heavy (non-hydrogen) atoms. The van der Waals surface area contributed by atoms with Crippen molar-refractivity contribution in [1.29, 1.82) is 0 Å². The first-order valence-corrected chi connectivity index (χ1v) is 6.34. The van der Waals surface area contributed by atoms with Crippen molar-refractivity contribution in [3.05, 3.63) is 23.9 Å². The number of oxime groups is 1. The zero-order chi connectivity index (χ0) is 14.0. The molecule has 1 fully saturated rings. The lowest BCUT2D eigenvalue weighted by Crippen LogP contribution is -2.57. The van der Waals surface area contributed by atoms with Gasteiger partial charge in [-0.3, -0.25) is 4.90 Å². The molecular formula is C13H21N5O. The number of nitrogens with zero attached hydrogens (tertiary/aromatic N) is 4. The zero-order valence-electron chi connectivity index (χ0n) is 11.7. The Bertz CT molecular complexity index is 486. The summed E-state index contributed by atoms with van der Waals surface area (Å²) in [5.74, 6) is 0.974. The molecule has 1 aliphatic heterocycles. The van der Waals surface area contributed by atoms with Gasteiger partial charge >= 0.3 is 0 Å². The Hall–Kier alpha value is -1.82. The van der Waals surface area contributed by atoms with Gasteiger partial charge in [0, 0.05) is 36.9 Å². The predicted octanol–water partition coefficient (Wildman–Crippen LogP) is 0.706. The number of hydrogen-bond acceptors (Lipinski definition) is 5. The molecule has 0 aliphatic carbocycles. The van der Waals surface area contributed by atoms with E-state index in [1.165, 1.54) is 0 Å². The van der Waals surface area contributed by atoms with Crippen molar-refractivity contribution in [3.8, 4) is 0 Å². The molecule has 104 valence electrons. The lowest BCUT2D eigenvalue weighted by molar-refractivity contribution is 0.138. The molecule has 2 rings (SSSR count). The van der Waals surface area contributed by atoms with Gasteiger partial charge in [-0.1, -0.05) is 5.16 Å². The molecule has 2 heterocycles. The summed E-state index contributed by atoms with van der Waals surface area (Å²) in [7, 11) is 2.14. The molecule has 1 aliphatic rings. The standard InChI is InChI=1S/C13H21N5O/c1-13(2)9-18(7-6-17(13)3)11-8-10(4-5-15-11)12(14)16-19/h4-5,8,19H,6-7,9H2,1-3H3,(H2,14,16). The normalized spacial score (nSPS) is 20.6. The number of pyridine rings is 1. The largest absolute Gasteiger partial charge is 0.409 e. The third kappa shape index (κ3) is 2.78. The van der Waals surface area contributed by atoms with E-state index in [-0.39, 0.29) is 11.4 Å². The fourth-order valence-electron chi connectivity index (χ4n) is 2.24. The van der Waals surface area contributed by atoms with Crippen LogP contribution in [0.5, 0.6) is 0 Å². The highest BCUT2D eigenvalue weighted by Crippen LogP contribution is 2.23. The number of hydrogen-bond donors (Lipinski definition) is 2. The van der Waals surface area contributed by atoms with E-state index < -0.39 is 0 Å². The highest BCUT2D eigenvalue weighted by Gasteiger charge is 2.31. The van der Waals surface area contributed by atoms with E-state index in [9.17, 15) is 0 Å². The van der Waals surface area contributed by atoms with Crippen LogP contribution >= 0.6 is 0 Å². The topological polar surface area (TPSA) is 78.0 Å². The van der Waals surface area contributed by atoms with Crippen LogP contribution in [-0.4, -0.2) is 53.1 Å². The second-order valence-electron chi connectivity index (χ2n) is 5.54. The molecule has 1 saturated heterocycles. The third-order valence-electron chi connectivity index (χ3n) is 3.79. The highest BCUT2D eigenvalue weighted by atomic mass is 16.4. The van der Waals surface area contributed by atoms with Gasteiger partial charge in [0.25, 0.3) is 0 Å². The Labute approximate surface area is 113 Å². The van der Waals surface area contributed by atoms with Gasteiger partial charge < -0.3 is 15.8 Å². The van der Waals surface area contributed by atoms with Crippen LogP contribution in [0.4, 0.5) is 5.82 Å². The summed E-state index contributed by atoms with van der Waals surface area (Å²) in [6.45, 7) is 7.24. The van der Waals surface area contributed by atoms with E-state index >= 15 is 0 Å². The van der Waals surface area contributed by atoms with Crippen molar-refractivity contribution in [2.45, 2.75) is 19.4 Å². The number of aromatic nitrogens is 1. The van der Waals surface area contributed by atoms with Crippen molar-refractivity contribution < 1.29 is 5.21 Å². The molecule has 1 aromatic heterocycles. The molecule has 0 amide bonds. The van der Waals surface area contributed by atoms with Gasteiger partial charge in [-0.25, -0.2) is 4.98 Å². The third-order valence-corrected chi connectivity index (χ3v) is 3.79. The molecule has 0 aromatic carbocycles. The number of nitrogens with two attached hydrogens (primary N) is 1. The van der Waals surface area contributed by atoms with Crippen LogP contribution in [0.2, 0.25) is 0 Å². The van der Waals surface area contributed by atoms with Crippen LogP contribution in [0.15, 0.2) is 23.5 Å². The maximum Gasteiger partial charge on any atom is 0.170 e. The maximum atomic E-state index is 8.73. The Kier molecular flexibility index (Phi) is 3.61. The smallest absolute Gasteiger partial charge is 0.170 e. The van der Waals surface area contributed by atoms with Crippen LogP contribution in [0.1, 0.15) is 19.4 Å². The maximum absolute atomic E-state index is 8.73. The van der Waals surface area contributed by atoms with E-state index in [2.05, 4.69) is 40.8 Å². The summed E-state index contributed by atoms with van der Waals surface area (Å²) in [6.07, 6.45) is 1.69. The molecule has 0 atom stereocenters. The quantitative estimate of drug-likeness (QED) is 0.355. The van der Waals surface area contributed by atoms with Gasteiger partial charge in [0.2, 0.25) is 0 Å². The number of amidine groups is 1. The van der Waals surface area contributed by atoms with Crippen LogP contribution in [0.3, 0.4) is 0 Å². The van der Waals surface area contributed by atoms with Crippen molar-refractivity contribution >= 4 is 11.7 Å². The van der Waals surface area contributed by atoms with E-state index in [1.807, 2.05) is 6.07 Å². The molecule has 0 unspecified atom stereocenters. The molecule has 3 N–H and O–H groups in total. The minimum atomic E-state index is 0.104. The summed E-state index contributed by atoms with van der Waals surface area (Å²) < 4.78 is 0. The Balaban J connectivity index is 2.23. The van der Waals surface area contributed by atoms with Gasteiger partial charge in [0.1, 0.15) is 5.82 Å². The van der Waals surface area contributed by atoms with Gasteiger partial charge in [-0.05, 0) is 33.0 Å². The fraction of sp³-hybridized carbons (Fsp3) is 0.538. The second-order valence-corrected chi connectivity index (χ2v) is 5.54. The minimum absolute atomic E-state index is 0.104. The summed E-state index contributed by atoms with van der Waals surface area (Å²) in [4.78, 5) is 8.96. The second kappa shape index (κ2) is 5.05. The van der Waals surface area contributed by atoms with Crippen molar-refractivity contribution in [3.63, 3.8) is 0 Å². The van der Waals surface area contributed by atoms with E-state index in [0.29, 0.717) is 5.56 Å². The average Bonchev–Trinajstić information content (AvgIpc) is 2.41. The van der Waals surface area contributed by atoms with Gasteiger partial charge in [0.15, 0.2) is 5.84 Å². The molecule has 0 bridgehead atoms. The van der Waals surface area contributed by atoms with E-state index in [4.69, 9.17) is 10.9 Å². The lowest BCUT2D eigenvalue weighted by Gasteiger charge is -2.45. The van der Waals surface area contributed by atoms with Crippen LogP contribution < -0.4 is 10.6 Å². The van der Waals surface area contributed by atoms with Crippen LogP contribution in [-0.2, 0) is 0 Å². The van der Waals surface area contributed by atoms with Crippen LogP contribution in [0, 0.1) is 0 Å². The molecule has 1 aromatic rings. The highest BCUT2D eigenvalue weighted by molar-refractivity contribution is 5.97.